The number of β-amino-alcohol motifs (C(OH)–C–C–N with tert-alkyl or cyclic N) is 1. The van der Waals surface area contributed by atoms with Crippen molar-refractivity contribution in [3.63, 3.8) is 0 Å². The second kappa shape index (κ2) is 9.43. The van der Waals surface area contributed by atoms with Gasteiger partial charge in [-0.15, -0.1) is 8.78 Å². The Morgan fingerprint density at radius 2 is 1.88 bits per heavy atom. The molecule has 178 valence electrons. The lowest BCUT2D eigenvalue weighted by atomic mass is 10.0. The molecular weight excluding hydrogens is 480 g/mol. The fraction of sp³-hybridized carbons (Fsp3) is 0.227. The maximum atomic E-state index is 14.5. The largest absolute Gasteiger partial charge is 0.487 e. The zero-order valence-electron chi connectivity index (χ0n) is 17.3. The van der Waals surface area contributed by atoms with Crippen LogP contribution in [-0.4, -0.2) is 45.7 Å². The van der Waals surface area contributed by atoms with E-state index in [0.29, 0.717) is 13.0 Å². The number of carbonyl (C=O) groups is 1. The number of aromatic nitrogens is 2. The van der Waals surface area contributed by atoms with E-state index in [2.05, 4.69) is 20.0 Å². The number of aliphatic hydroxyl groups excluding tert-OH is 1. The summed E-state index contributed by atoms with van der Waals surface area (Å²) in [5.74, 6) is -2.31. The third-order valence-corrected chi connectivity index (χ3v) is 5.11. The van der Waals surface area contributed by atoms with Crippen molar-refractivity contribution in [1.29, 1.82) is 0 Å². The molecule has 0 radical (unpaired) electrons. The number of hydrogen-bond donors (Lipinski definition) is 2. The number of anilines is 2. The first-order valence-corrected chi connectivity index (χ1v) is 10.4. The van der Waals surface area contributed by atoms with Crippen molar-refractivity contribution in [3.8, 4) is 16.9 Å². The lowest BCUT2D eigenvalue weighted by Crippen LogP contribution is -2.23. The van der Waals surface area contributed by atoms with E-state index < -0.39 is 29.3 Å². The summed E-state index contributed by atoms with van der Waals surface area (Å²) in [5.41, 5.74) is -3.67. The number of halogens is 5. The quantitative estimate of drug-likeness (QED) is 0.298. The van der Waals surface area contributed by atoms with Gasteiger partial charge in [-0.25, -0.2) is 14.4 Å². The monoisotopic (exact) mass is 496 g/mol. The molecule has 1 aliphatic rings. The zero-order chi connectivity index (χ0) is 24.5. The molecule has 1 atom stereocenters. The van der Waals surface area contributed by atoms with E-state index in [9.17, 15) is 27.5 Å². The lowest BCUT2D eigenvalue weighted by Gasteiger charge is -2.21. The van der Waals surface area contributed by atoms with Crippen LogP contribution in [0.3, 0.4) is 0 Å². The Bertz CT molecular complexity index is 1210. The Kier molecular flexibility index (Phi) is 6.58. The number of nitrogens with zero attached hydrogens (tertiary/aromatic N) is 3. The van der Waals surface area contributed by atoms with Gasteiger partial charge in [0.15, 0.2) is 0 Å². The minimum atomic E-state index is -3.87. The molecule has 0 saturated carbocycles. The van der Waals surface area contributed by atoms with E-state index in [1.54, 1.807) is 4.90 Å². The number of benzene rings is 1. The smallest absolute Gasteiger partial charge is 0.420 e. The van der Waals surface area contributed by atoms with Crippen LogP contribution in [0.15, 0.2) is 48.8 Å². The van der Waals surface area contributed by atoms with Gasteiger partial charge in [-0.3, -0.25) is 4.79 Å². The van der Waals surface area contributed by atoms with Crippen LogP contribution in [0.2, 0.25) is 0 Å². The van der Waals surface area contributed by atoms with Crippen LogP contribution < -0.4 is 15.0 Å². The first-order valence-electron chi connectivity index (χ1n) is 10.0. The average molecular weight is 497 g/mol. The molecule has 3 heterocycles. The predicted molar refractivity (Wildman–Crippen MR) is 116 cm³/mol. The number of pyridine rings is 2. The van der Waals surface area contributed by atoms with Crippen molar-refractivity contribution in [2.24, 2.45) is 0 Å². The van der Waals surface area contributed by atoms with Crippen LogP contribution in [0.25, 0.3) is 11.1 Å². The topological polar surface area (TPSA) is 87.6 Å². The molecular formula is C22H17ClF4N4O3. The van der Waals surface area contributed by atoms with E-state index in [4.69, 9.17) is 11.6 Å². The first kappa shape index (κ1) is 23.7. The minimum absolute atomic E-state index is 0.0229. The van der Waals surface area contributed by atoms with Crippen molar-refractivity contribution in [3.05, 3.63) is 66.1 Å². The van der Waals surface area contributed by atoms with Crippen molar-refractivity contribution in [2.75, 3.05) is 23.3 Å². The molecule has 12 heteroatoms. The summed E-state index contributed by atoms with van der Waals surface area (Å²) >= 11 is 4.72. The highest BCUT2D eigenvalue weighted by atomic mass is 35.5. The van der Waals surface area contributed by atoms with E-state index in [-0.39, 0.29) is 40.5 Å². The second-order valence-electron chi connectivity index (χ2n) is 7.50. The van der Waals surface area contributed by atoms with Gasteiger partial charge in [-0.2, -0.15) is 4.39 Å². The van der Waals surface area contributed by atoms with Gasteiger partial charge < -0.3 is 20.1 Å². The lowest BCUT2D eigenvalue weighted by molar-refractivity contribution is -0.0964. The van der Waals surface area contributed by atoms with Gasteiger partial charge >= 0.3 is 5.57 Å². The number of ether oxygens (including phenoxy) is 1. The molecule has 4 rings (SSSR count). The predicted octanol–water partition coefficient (Wildman–Crippen LogP) is 4.41. The Labute approximate surface area is 196 Å². The Hall–Kier alpha value is -3.44. The first-order chi connectivity index (χ1) is 16.1. The van der Waals surface area contributed by atoms with E-state index >= 15 is 0 Å². The van der Waals surface area contributed by atoms with Crippen molar-refractivity contribution in [1.82, 2.24) is 9.97 Å². The summed E-state index contributed by atoms with van der Waals surface area (Å²) in [6.07, 6.45) is 1.87. The standard InChI is InChI=1S/C22H17ClF4N4O3/c23-22(26,27)34-16-3-1-14(2-4-16)30-21(33)12-7-18(17-8-13(24)10-28-19(17)25)20(29-9-12)31-6-5-15(32)11-31/h1-4,7-10,15,32H,5-6,11H2,(H,30,33)/t15-/m1/s1. The van der Waals surface area contributed by atoms with Crippen molar-refractivity contribution < 1.29 is 32.2 Å². The molecule has 0 bridgehead atoms. The van der Waals surface area contributed by atoms with Crippen molar-refractivity contribution in [2.45, 2.75) is 18.1 Å². The molecule has 0 spiro atoms. The SMILES string of the molecule is O=C(Nc1ccc(OC(F)(F)Cl)cc1)c1cnc(N2CC[C@@H](O)C2)c(-c2cc(F)cnc2F)c1. The van der Waals surface area contributed by atoms with Crippen molar-refractivity contribution >= 4 is 29.0 Å². The molecule has 1 aliphatic heterocycles. The third-order valence-electron chi connectivity index (χ3n) is 5.03. The molecule has 2 aromatic heterocycles. The number of nitrogens with one attached hydrogen (secondary N) is 1. The van der Waals surface area contributed by atoms with Crippen LogP contribution in [0.4, 0.5) is 29.1 Å². The Morgan fingerprint density at radius 3 is 2.53 bits per heavy atom. The van der Waals surface area contributed by atoms with E-state index in [1.165, 1.54) is 36.5 Å². The summed E-state index contributed by atoms with van der Waals surface area (Å²) in [6.45, 7) is 0.679. The Balaban J connectivity index is 1.63. The molecule has 3 aromatic rings. The highest BCUT2D eigenvalue weighted by Crippen LogP contribution is 2.34. The second-order valence-corrected chi connectivity index (χ2v) is 7.94. The number of aliphatic hydroxyl groups is 1. The maximum absolute atomic E-state index is 14.5. The summed E-state index contributed by atoms with van der Waals surface area (Å²) < 4.78 is 58.0. The normalized spacial score (nSPS) is 15.9. The van der Waals surface area contributed by atoms with Crippen LogP contribution in [0, 0.1) is 11.8 Å². The van der Waals surface area contributed by atoms with Gasteiger partial charge in [0.2, 0.25) is 5.95 Å². The molecule has 1 saturated heterocycles. The van der Waals surface area contributed by atoms with Gasteiger partial charge in [-0.05, 0) is 42.8 Å². The van der Waals surface area contributed by atoms with Crippen LogP contribution in [0.5, 0.6) is 5.75 Å². The molecule has 34 heavy (non-hydrogen) atoms. The highest BCUT2D eigenvalue weighted by Gasteiger charge is 2.28. The van der Waals surface area contributed by atoms with Crippen LogP contribution >= 0.6 is 11.6 Å². The molecule has 1 aromatic carbocycles. The van der Waals surface area contributed by atoms with Gasteiger partial charge in [0, 0.05) is 47.7 Å². The summed E-state index contributed by atoms with van der Waals surface area (Å²) in [7, 11) is 0. The number of alkyl halides is 3. The molecule has 0 unspecified atom stereocenters. The molecule has 2 N–H and O–H groups in total. The summed E-state index contributed by atoms with van der Waals surface area (Å²) in [5, 5.41) is 12.4. The third kappa shape index (κ3) is 5.54. The zero-order valence-corrected chi connectivity index (χ0v) is 18.1. The fourth-order valence-electron chi connectivity index (χ4n) is 3.52. The van der Waals surface area contributed by atoms with Crippen LogP contribution in [0.1, 0.15) is 16.8 Å². The van der Waals surface area contributed by atoms with E-state index in [0.717, 1.165) is 12.3 Å². The number of carbonyl (C=O) groups excluding carboxylic acids is 1. The van der Waals surface area contributed by atoms with E-state index in [1.807, 2.05) is 0 Å². The molecule has 1 fully saturated rings. The van der Waals surface area contributed by atoms with Gasteiger partial charge in [0.1, 0.15) is 17.4 Å². The summed E-state index contributed by atoms with van der Waals surface area (Å²) in [6, 6.07) is 7.30. The fourth-order valence-corrected chi connectivity index (χ4v) is 3.61. The van der Waals surface area contributed by atoms with Gasteiger partial charge in [-0.1, -0.05) is 0 Å². The maximum Gasteiger partial charge on any atom is 0.487 e. The number of hydrogen-bond acceptors (Lipinski definition) is 6. The molecule has 7 nitrogen and oxygen atoms in total. The number of amides is 1. The van der Waals surface area contributed by atoms with Gasteiger partial charge in [0.05, 0.1) is 17.9 Å². The highest BCUT2D eigenvalue weighted by molar-refractivity contribution is 6.20. The van der Waals surface area contributed by atoms with Gasteiger partial charge in [0.25, 0.3) is 5.91 Å². The summed E-state index contributed by atoms with van der Waals surface area (Å²) in [4.78, 5) is 22.2. The molecule has 0 aliphatic carbocycles. The number of rotatable bonds is 6. The van der Waals surface area contributed by atoms with Crippen LogP contribution in [-0.2, 0) is 0 Å². The average Bonchev–Trinajstić information content (AvgIpc) is 3.21. The molecule has 1 amide bonds. The minimum Gasteiger partial charge on any atom is -0.420 e. The Morgan fingerprint density at radius 1 is 1.15 bits per heavy atom.